The number of hydrogen-bond donors (Lipinski definition) is 0. The molecule has 0 atom stereocenters. The van der Waals surface area contributed by atoms with Crippen LogP contribution in [0.4, 0.5) is 5.69 Å². The average Bonchev–Trinajstić information content (AvgIpc) is 2.18. The zero-order valence-electron chi connectivity index (χ0n) is 8.77. The maximum absolute atomic E-state index is 11.7. The molecular formula is C10H14ClNO2S. The number of alkyl halides is 1. The molecule has 1 rings (SSSR count). The highest BCUT2D eigenvalue weighted by Gasteiger charge is 2.16. The first-order valence-corrected chi connectivity index (χ1v) is 6.71. The predicted molar refractivity (Wildman–Crippen MR) is 64.1 cm³/mol. The van der Waals surface area contributed by atoms with Gasteiger partial charge in [0.05, 0.1) is 11.4 Å². The van der Waals surface area contributed by atoms with Crippen LogP contribution in [0.3, 0.4) is 0 Å². The van der Waals surface area contributed by atoms with E-state index >= 15 is 0 Å². The second-order valence-corrected chi connectivity index (χ2v) is 5.81. The van der Waals surface area contributed by atoms with E-state index in [1.54, 1.807) is 12.1 Å². The van der Waals surface area contributed by atoms with Gasteiger partial charge in [0, 0.05) is 12.9 Å². The number of halogens is 1. The zero-order valence-corrected chi connectivity index (χ0v) is 10.3. The molecule has 1 aromatic rings. The molecule has 0 aliphatic heterocycles. The van der Waals surface area contributed by atoms with Crippen LogP contribution in [0.1, 0.15) is 5.56 Å². The van der Waals surface area contributed by atoms with Gasteiger partial charge >= 0.3 is 0 Å². The van der Waals surface area contributed by atoms with Crippen molar-refractivity contribution in [1.82, 2.24) is 0 Å². The van der Waals surface area contributed by atoms with Crippen molar-refractivity contribution >= 4 is 27.3 Å². The molecule has 0 unspecified atom stereocenters. The fraction of sp³-hybridized carbons (Fsp3) is 0.400. The highest BCUT2D eigenvalue weighted by atomic mass is 35.5. The third-order valence-corrected chi connectivity index (χ3v) is 4.33. The van der Waals surface area contributed by atoms with Crippen LogP contribution < -0.4 is 4.31 Å². The van der Waals surface area contributed by atoms with E-state index in [0.29, 0.717) is 5.69 Å². The summed E-state index contributed by atoms with van der Waals surface area (Å²) in [7, 11) is -1.74. The molecule has 1 aromatic carbocycles. The van der Waals surface area contributed by atoms with Gasteiger partial charge in [-0.15, -0.1) is 11.6 Å². The first kappa shape index (κ1) is 12.3. The van der Waals surface area contributed by atoms with Crippen LogP contribution in [-0.4, -0.2) is 27.1 Å². The van der Waals surface area contributed by atoms with Crippen LogP contribution in [0.2, 0.25) is 0 Å². The van der Waals surface area contributed by atoms with Gasteiger partial charge in [-0.2, -0.15) is 0 Å². The van der Waals surface area contributed by atoms with Crippen molar-refractivity contribution in [3.05, 3.63) is 29.8 Å². The normalized spacial score (nSPS) is 11.4. The SMILES string of the molecule is Cc1ccc(N(C)S(=O)(=O)CCCl)cc1. The number of aryl methyl sites for hydroxylation is 1. The summed E-state index contributed by atoms with van der Waals surface area (Å²) in [5, 5.41) is 0. The van der Waals surface area contributed by atoms with Crippen LogP contribution in [0, 0.1) is 6.92 Å². The molecule has 0 aliphatic rings. The van der Waals surface area contributed by atoms with Crippen molar-refractivity contribution in [3.63, 3.8) is 0 Å². The molecule has 0 N–H and O–H groups in total. The Hall–Kier alpha value is -0.740. The highest BCUT2D eigenvalue weighted by molar-refractivity contribution is 7.92. The summed E-state index contributed by atoms with van der Waals surface area (Å²) in [5.41, 5.74) is 1.76. The van der Waals surface area contributed by atoms with Crippen molar-refractivity contribution in [3.8, 4) is 0 Å². The Kier molecular flexibility index (Phi) is 3.99. The molecule has 0 heterocycles. The summed E-state index contributed by atoms with van der Waals surface area (Å²) in [6.45, 7) is 1.96. The molecule has 3 nitrogen and oxygen atoms in total. The van der Waals surface area contributed by atoms with Gasteiger partial charge in [-0.1, -0.05) is 17.7 Å². The van der Waals surface area contributed by atoms with E-state index in [0.717, 1.165) is 5.56 Å². The Morgan fingerprint density at radius 2 is 1.80 bits per heavy atom. The summed E-state index contributed by atoms with van der Waals surface area (Å²) >= 11 is 5.44. The minimum absolute atomic E-state index is 0.0427. The molecule has 0 aliphatic carbocycles. The topological polar surface area (TPSA) is 37.4 Å². The lowest BCUT2D eigenvalue weighted by atomic mass is 10.2. The number of sulfonamides is 1. The smallest absolute Gasteiger partial charge is 0.236 e. The van der Waals surface area contributed by atoms with E-state index in [2.05, 4.69) is 0 Å². The van der Waals surface area contributed by atoms with E-state index in [9.17, 15) is 8.42 Å². The number of benzene rings is 1. The summed E-state index contributed by atoms with van der Waals surface area (Å²) in [5.74, 6) is 0.0669. The Morgan fingerprint density at radius 3 is 2.27 bits per heavy atom. The summed E-state index contributed by atoms with van der Waals surface area (Å²) in [6.07, 6.45) is 0. The molecule has 0 saturated carbocycles. The van der Waals surface area contributed by atoms with Crippen molar-refractivity contribution in [2.45, 2.75) is 6.92 Å². The maximum Gasteiger partial charge on any atom is 0.236 e. The first-order chi connectivity index (χ1) is 6.97. The van der Waals surface area contributed by atoms with Gasteiger partial charge in [-0.3, -0.25) is 4.31 Å². The second kappa shape index (κ2) is 4.86. The van der Waals surface area contributed by atoms with Gasteiger partial charge in [-0.25, -0.2) is 8.42 Å². The van der Waals surface area contributed by atoms with Gasteiger partial charge in [0.2, 0.25) is 10.0 Å². The fourth-order valence-electron chi connectivity index (χ4n) is 1.15. The Bertz CT molecular complexity index is 414. The van der Waals surface area contributed by atoms with Crippen molar-refractivity contribution in [1.29, 1.82) is 0 Å². The van der Waals surface area contributed by atoms with E-state index in [1.165, 1.54) is 11.4 Å². The molecular weight excluding hydrogens is 234 g/mol. The maximum atomic E-state index is 11.7. The molecule has 0 saturated heterocycles. The number of hydrogen-bond acceptors (Lipinski definition) is 2. The molecule has 0 aromatic heterocycles. The van der Waals surface area contributed by atoms with Crippen LogP contribution in [0.15, 0.2) is 24.3 Å². The van der Waals surface area contributed by atoms with Crippen molar-refractivity contribution in [2.24, 2.45) is 0 Å². The van der Waals surface area contributed by atoms with E-state index in [4.69, 9.17) is 11.6 Å². The van der Waals surface area contributed by atoms with Crippen LogP contribution >= 0.6 is 11.6 Å². The van der Waals surface area contributed by atoms with Crippen LogP contribution in [0.5, 0.6) is 0 Å². The first-order valence-electron chi connectivity index (χ1n) is 4.56. The Morgan fingerprint density at radius 1 is 1.27 bits per heavy atom. The van der Waals surface area contributed by atoms with Gasteiger partial charge in [0.1, 0.15) is 0 Å². The Labute approximate surface area is 95.7 Å². The van der Waals surface area contributed by atoms with Gasteiger partial charge in [-0.05, 0) is 19.1 Å². The molecule has 84 valence electrons. The highest BCUT2D eigenvalue weighted by Crippen LogP contribution is 2.16. The third kappa shape index (κ3) is 3.11. The lowest BCUT2D eigenvalue weighted by Crippen LogP contribution is -2.29. The van der Waals surface area contributed by atoms with E-state index in [1.807, 2.05) is 19.1 Å². The van der Waals surface area contributed by atoms with Crippen LogP contribution in [-0.2, 0) is 10.0 Å². The molecule has 0 amide bonds. The number of rotatable bonds is 4. The largest absolute Gasteiger partial charge is 0.273 e. The summed E-state index contributed by atoms with van der Waals surface area (Å²) in [6, 6.07) is 7.31. The summed E-state index contributed by atoms with van der Waals surface area (Å²) < 4.78 is 24.6. The van der Waals surface area contributed by atoms with Crippen molar-refractivity contribution < 1.29 is 8.42 Å². The average molecular weight is 248 g/mol. The molecule has 0 bridgehead atoms. The molecule has 0 spiro atoms. The van der Waals surface area contributed by atoms with Crippen molar-refractivity contribution in [2.75, 3.05) is 23.0 Å². The zero-order chi connectivity index (χ0) is 11.5. The van der Waals surface area contributed by atoms with Gasteiger partial charge in [0.25, 0.3) is 0 Å². The lowest BCUT2D eigenvalue weighted by Gasteiger charge is -2.18. The third-order valence-electron chi connectivity index (χ3n) is 2.15. The minimum Gasteiger partial charge on any atom is -0.273 e. The lowest BCUT2D eigenvalue weighted by molar-refractivity contribution is 0.596. The van der Waals surface area contributed by atoms with Gasteiger partial charge in [0.15, 0.2) is 0 Å². The quantitative estimate of drug-likeness (QED) is 0.764. The number of nitrogens with zero attached hydrogens (tertiary/aromatic N) is 1. The fourth-order valence-corrected chi connectivity index (χ4v) is 2.65. The van der Waals surface area contributed by atoms with Gasteiger partial charge < -0.3 is 0 Å². The van der Waals surface area contributed by atoms with Crippen LogP contribution in [0.25, 0.3) is 0 Å². The monoisotopic (exact) mass is 247 g/mol. The minimum atomic E-state index is -3.27. The summed E-state index contributed by atoms with van der Waals surface area (Å²) in [4.78, 5) is 0. The second-order valence-electron chi connectivity index (χ2n) is 3.31. The predicted octanol–water partition coefficient (Wildman–Crippen LogP) is 2.00. The van der Waals surface area contributed by atoms with E-state index < -0.39 is 10.0 Å². The molecule has 15 heavy (non-hydrogen) atoms. The Balaban J connectivity index is 2.94. The number of anilines is 1. The molecule has 5 heteroatoms. The van der Waals surface area contributed by atoms with E-state index in [-0.39, 0.29) is 11.6 Å². The molecule has 0 fully saturated rings. The standard InChI is InChI=1S/C10H14ClNO2S/c1-9-3-5-10(6-4-9)12(2)15(13,14)8-7-11/h3-6H,7-8H2,1-2H3. The molecule has 0 radical (unpaired) electrons.